The maximum Gasteiger partial charge on any atom is 0.278 e. The number of hydrogen-bond donors (Lipinski definition) is 3. The highest BCUT2D eigenvalue weighted by Crippen LogP contribution is 2.21. The summed E-state index contributed by atoms with van der Waals surface area (Å²) < 4.78 is 0. The summed E-state index contributed by atoms with van der Waals surface area (Å²) in [6.45, 7) is 1.87. The summed E-state index contributed by atoms with van der Waals surface area (Å²) in [7, 11) is 0. The zero-order chi connectivity index (χ0) is 20.1. The van der Waals surface area contributed by atoms with Crippen LogP contribution in [0.1, 0.15) is 18.5 Å². The summed E-state index contributed by atoms with van der Waals surface area (Å²) in [5, 5.41) is 11.7. The molecule has 0 aliphatic carbocycles. The van der Waals surface area contributed by atoms with Crippen molar-refractivity contribution in [2.24, 2.45) is 0 Å². The smallest absolute Gasteiger partial charge is 0.278 e. The van der Waals surface area contributed by atoms with E-state index in [1.54, 1.807) is 36.4 Å². The Hall–Kier alpha value is -2.84. The molecule has 1 aromatic heterocycles. The normalized spacial score (nSPS) is 11.8. The molecule has 0 saturated carbocycles. The Bertz CT molecular complexity index is 1060. The number of carbonyl (C=O) groups is 1. The topological polar surface area (TPSA) is 114 Å². The minimum Gasteiger partial charge on any atom is -0.398 e. The highest BCUT2D eigenvalue weighted by molar-refractivity contribution is 7.99. The molecule has 1 heterocycles. The van der Waals surface area contributed by atoms with Gasteiger partial charge >= 0.3 is 0 Å². The lowest BCUT2D eigenvalue weighted by atomic mass is 10.1. The Morgan fingerprint density at radius 3 is 2.75 bits per heavy atom. The van der Waals surface area contributed by atoms with Crippen LogP contribution in [0.2, 0.25) is 5.02 Å². The first-order valence-corrected chi connectivity index (χ1v) is 9.80. The molecular formula is C19H18ClN5O2S. The van der Waals surface area contributed by atoms with E-state index in [9.17, 15) is 9.59 Å². The van der Waals surface area contributed by atoms with Crippen LogP contribution in [0.3, 0.4) is 0 Å². The average Bonchev–Trinajstić information content (AvgIpc) is 2.67. The van der Waals surface area contributed by atoms with Crippen LogP contribution in [-0.2, 0) is 4.79 Å². The van der Waals surface area contributed by atoms with Crippen LogP contribution in [0, 0.1) is 0 Å². The number of nitrogens with two attached hydrogens (primary N) is 1. The summed E-state index contributed by atoms with van der Waals surface area (Å²) >= 11 is 7.07. The van der Waals surface area contributed by atoms with E-state index < -0.39 is 5.56 Å². The summed E-state index contributed by atoms with van der Waals surface area (Å²) in [6.07, 6.45) is 0. The minimum atomic E-state index is -0.414. The molecule has 7 nitrogen and oxygen atoms in total. The van der Waals surface area contributed by atoms with Crippen molar-refractivity contribution in [1.82, 2.24) is 20.5 Å². The fourth-order valence-corrected chi connectivity index (χ4v) is 3.37. The number of hydrogen-bond acceptors (Lipinski definition) is 6. The molecule has 0 radical (unpaired) electrons. The highest BCUT2D eigenvalue weighted by atomic mass is 35.5. The van der Waals surface area contributed by atoms with E-state index in [1.807, 2.05) is 19.1 Å². The van der Waals surface area contributed by atoms with Crippen LogP contribution in [0.25, 0.3) is 11.3 Å². The predicted molar refractivity (Wildman–Crippen MR) is 111 cm³/mol. The van der Waals surface area contributed by atoms with E-state index in [0.29, 0.717) is 16.3 Å². The van der Waals surface area contributed by atoms with Crippen LogP contribution >= 0.6 is 23.4 Å². The zero-order valence-electron chi connectivity index (χ0n) is 15.0. The zero-order valence-corrected chi connectivity index (χ0v) is 16.6. The number of anilines is 1. The number of rotatable bonds is 6. The number of thioether (sulfide) groups is 1. The molecule has 0 unspecified atom stereocenters. The van der Waals surface area contributed by atoms with Gasteiger partial charge in [0.2, 0.25) is 5.91 Å². The van der Waals surface area contributed by atoms with Gasteiger partial charge in [0.15, 0.2) is 10.9 Å². The quantitative estimate of drug-likeness (QED) is 0.421. The second kappa shape index (κ2) is 8.90. The fraction of sp³-hybridized carbons (Fsp3) is 0.158. The van der Waals surface area contributed by atoms with Crippen molar-refractivity contribution in [1.29, 1.82) is 0 Å². The number of nitrogens with zero attached hydrogens (tertiary/aromatic N) is 2. The first kappa shape index (κ1) is 19.9. The number of halogens is 1. The largest absolute Gasteiger partial charge is 0.398 e. The van der Waals surface area contributed by atoms with Crippen molar-refractivity contribution in [2.45, 2.75) is 18.1 Å². The molecule has 3 rings (SSSR count). The molecule has 4 N–H and O–H groups in total. The number of carbonyl (C=O) groups excluding carboxylic acids is 1. The highest BCUT2D eigenvalue weighted by Gasteiger charge is 2.13. The second-order valence-corrected chi connectivity index (χ2v) is 7.43. The Balaban J connectivity index is 1.62. The van der Waals surface area contributed by atoms with Crippen LogP contribution in [0.5, 0.6) is 0 Å². The number of aromatic nitrogens is 3. The molecule has 0 aliphatic heterocycles. The van der Waals surface area contributed by atoms with Crippen molar-refractivity contribution in [3.05, 3.63) is 69.5 Å². The van der Waals surface area contributed by atoms with Crippen molar-refractivity contribution in [3.8, 4) is 11.3 Å². The van der Waals surface area contributed by atoms with Gasteiger partial charge in [-0.25, -0.2) is 0 Å². The molecule has 1 amide bonds. The summed E-state index contributed by atoms with van der Waals surface area (Å²) in [5.41, 5.74) is 7.46. The molecule has 1 atom stereocenters. The maximum atomic E-state index is 12.3. The third kappa shape index (κ3) is 4.90. The number of amides is 1. The fourth-order valence-electron chi connectivity index (χ4n) is 2.55. The molecule has 3 aromatic rings. The lowest BCUT2D eigenvalue weighted by Gasteiger charge is -2.14. The minimum absolute atomic E-state index is 0.0857. The van der Waals surface area contributed by atoms with Crippen molar-refractivity contribution >= 4 is 35.0 Å². The lowest BCUT2D eigenvalue weighted by molar-refractivity contribution is -0.119. The van der Waals surface area contributed by atoms with E-state index in [2.05, 4.69) is 20.5 Å². The Morgan fingerprint density at radius 1 is 1.25 bits per heavy atom. The summed E-state index contributed by atoms with van der Waals surface area (Å²) in [6, 6.07) is 14.0. The molecular weight excluding hydrogens is 398 g/mol. The van der Waals surface area contributed by atoms with Gasteiger partial charge in [-0.05, 0) is 30.7 Å². The third-order valence-electron chi connectivity index (χ3n) is 3.96. The van der Waals surface area contributed by atoms with E-state index in [4.69, 9.17) is 17.3 Å². The van der Waals surface area contributed by atoms with Crippen molar-refractivity contribution in [3.63, 3.8) is 0 Å². The molecule has 0 saturated heterocycles. The predicted octanol–water partition coefficient (Wildman–Crippen LogP) is 3.04. The van der Waals surface area contributed by atoms with Gasteiger partial charge in [0.25, 0.3) is 5.56 Å². The lowest BCUT2D eigenvalue weighted by Crippen LogP contribution is -2.28. The average molecular weight is 416 g/mol. The first-order valence-electron chi connectivity index (χ1n) is 8.43. The number of nitrogen functional groups attached to an aromatic ring is 1. The number of nitrogens with one attached hydrogen (secondary N) is 2. The van der Waals surface area contributed by atoms with Crippen LogP contribution < -0.4 is 16.6 Å². The van der Waals surface area contributed by atoms with Crippen LogP contribution in [0.4, 0.5) is 5.69 Å². The molecule has 0 spiro atoms. The van der Waals surface area contributed by atoms with E-state index in [1.165, 1.54) is 0 Å². The number of benzene rings is 2. The molecule has 0 fully saturated rings. The van der Waals surface area contributed by atoms with Gasteiger partial charge in [0.05, 0.1) is 11.8 Å². The SMILES string of the molecule is C[C@@H](NC(=O)CSc1nnc(-c2ccccc2N)c(=O)[nH]1)c1cccc(Cl)c1. The van der Waals surface area contributed by atoms with Crippen molar-refractivity contribution < 1.29 is 4.79 Å². The molecule has 144 valence electrons. The van der Waals surface area contributed by atoms with Crippen LogP contribution in [-0.4, -0.2) is 26.8 Å². The van der Waals surface area contributed by atoms with Gasteiger partial charge in [-0.15, -0.1) is 10.2 Å². The Labute approximate surface area is 170 Å². The number of aromatic amines is 1. The molecule has 0 bridgehead atoms. The second-order valence-electron chi connectivity index (χ2n) is 6.03. The van der Waals surface area contributed by atoms with Crippen molar-refractivity contribution in [2.75, 3.05) is 11.5 Å². The van der Waals surface area contributed by atoms with E-state index in [0.717, 1.165) is 17.3 Å². The monoisotopic (exact) mass is 415 g/mol. The number of para-hydroxylation sites is 1. The van der Waals surface area contributed by atoms with Gasteiger partial charge in [0, 0.05) is 16.3 Å². The standard InChI is InChI=1S/C19H18ClN5O2S/c1-11(12-5-4-6-13(20)9-12)22-16(26)10-28-19-23-18(27)17(24-25-19)14-7-2-3-8-15(14)21/h2-9,11H,10,21H2,1H3,(H,22,26)(H,23,25,27)/t11-/m1/s1. The van der Waals surface area contributed by atoms with E-state index >= 15 is 0 Å². The van der Waals surface area contributed by atoms with E-state index in [-0.39, 0.29) is 28.6 Å². The summed E-state index contributed by atoms with van der Waals surface area (Å²) in [5.74, 6) is -0.112. The molecule has 0 aliphatic rings. The molecule has 28 heavy (non-hydrogen) atoms. The van der Waals surface area contributed by atoms with Gasteiger partial charge in [-0.3, -0.25) is 14.6 Å². The molecule has 2 aromatic carbocycles. The molecule has 9 heteroatoms. The summed E-state index contributed by atoms with van der Waals surface area (Å²) in [4.78, 5) is 27.1. The maximum absolute atomic E-state index is 12.3. The number of H-pyrrole nitrogens is 1. The van der Waals surface area contributed by atoms with Gasteiger partial charge < -0.3 is 11.1 Å². The van der Waals surface area contributed by atoms with Gasteiger partial charge in [-0.1, -0.05) is 53.7 Å². The van der Waals surface area contributed by atoms with Crippen LogP contribution in [0.15, 0.2) is 58.5 Å². The Morgan fingerprint density at radius 2 is 2.04 bits per heavy atom. The third-order valence-corrected chi connectivity index (χ3v) is 5.06. The first-order chi connectivity index (χ1) is 13.4. The van der Waals surface area contributed by atoms with Gasteiger partial charge in [0.1, 0.15) is 0 Å². The Kier molecular flexibility index (Phi) is 6.33. The van der Waals surface area contributed by atoms with Gasteiger partial charge in [-0.2, -0.15) is 0 Å².